The number of rotatable bonds is 6. The van der Waals surface area contributed by atoms with Crippen LogP contribution in [0.1, 0.15) is 35.7 Å². The number of carbonyl (C=O) groups is 1. The maximum absolute atomic E-state index is 11.5. The van der Waals surface area contributed by atoms with E-state index < -0.39 is 5.97 Å². The van der Waals surface area contributed by atoms with Gasteiger partial charge in [-0.3, -0.25) is 0 Å². The average Bonchev–Trinajstić information content (AvgIpc) is 2.48. The maximum Gasteiger partial charge on any atom is 0.337 e. The van der Waals surface area contributed by atoms with Crippen LogP contribution in [0.4, 0.5) is 11.4 Å². The van der Waals surface area contributed by atoms with Crippen molar-refractivity contribution < 1.29 is 9.90 Å². The van der Waals surface area contributed by atoms with Crippen molar-refractivity contribution in [2.75, 3.05) is 11.4 Å². The number of carboxylic acids is 1. The average molecular weight is 283 g/mol. The van der Waals surface area contributed by atoms with Gasteiger partial charge in [-0.25, -0.2) is 4.79 Å². The van der Waals surface area contributed by atoms with Gasteiger partial charge in [-0.05, 0) is 43.2 Å². The molecule has 0 spiro atoms. The van der Waals surface area contributed by atoms with Gasteiger partial charge in [0.25, 0.3) is 0 Å². The highest BCUT2D eigenvalue weighted by Crippen LogP contribution is 2.30. The highest BCUT2D eigenvalue weighted by atomic mass is 16.4. The number of carboxylic acid groups (broad SMARTS) is 1. The molecule has 0 heterocycles. The minimum absolute atomic E-state index is 0.348. The zero-order valence-electron chi connectivity index (χ0n) is 12.5. The number of para-hydroxylation sites is 1. The second-order valence-electron chi connectivity index (χ2n) is 5.17. The number of aryl methyl sites for hydroxylation is 1. The van der Waals surface area contributed by atoms with Crippen LogP contribution in [0.15, 0.2) is 48.5 Å². The van der Waals surface area contributed by atoms with E-state index in [9.17, 15) is 9.90 Å². The first-order chi connectivity index (χ1) is 10.1. The Kier molecular flexibility index (Phi) is 4.99. The van der Waals surface area contributed by atoms with E-state index in [4.69, 9.17) is 0 Å². The highest BCUT2D eigenvalue weighted by molar-refractivity contribution is 5.95. The maximum atomic E-state index is 11.5. The van der Waals surface area contributed by atoms with Gasteiger partial charge in [0.05, 0.1) is 11.3 Å². The van der Waals surface area contributed by atoms with Crippen molar-refractivity contribution in [1.82, 2.24) is 0 Å². The van der Waals surface area contributed by atoms with Gasteiger partial charge < -0.3 is 10.0 Å². The zero-order chi connectivity index (χ0) is 15.2. The molecule has 110 valence electrons. The van der Waals surface area contributed by atoms with Gasteiger partial charge in [0.2, 0.25) is 0 Å². The summed E-state index contributed by atoms with van der Waals surface area (Å²) in [7, 11) is 0. The Labute approximate surface area is 125 Å². The third-order valence-corrected chi connectivity index (χ3v) is 3.48. The molecule has 1 N–H and O–H groups in total. The molecule has 0 aromatic heterocycles. The molecule has 3 nitrogen and oxygen atoms in total. The smallest absolute Gasteiger partial charge is 0.337 e. The lowest BCUT2D eigenvalue weighted by Gasteiger charge is -2.26. The molecule has 0 atom stereocenters. The lowest BCUT2D eigenvalue weighted by Crippen LogP contribution is -2.21. The quantitative estimate of drug-likeness (QED) is 0.840. The van der Waals surface area contributed by atoms with Gasteiger partial charge >= 0.3 is 5.97 Å². The molecule has 3 heteroatoms. The number of anilines is 2. The summed E-state index contributed by atoms with van der Waals surface area (Å²) in [5.74, 6) is -0.887. The molecule has 0 saturated carbocycles. The van der Waals surface area contributed by atoms with Crippen molar-refractivity contribution in [3.63, 3.8) is 0 Å². The monoisotopic (exact) mass is 283 g/mol. The fourth-order valence-corrected chi connectivity index (χ4v) is 2.36. The predicted molar refractivity (Wildman–Crippen MR) is 86.5 cm³/mol. The summed E-state index contributed by atoms with van der Waals surface area (Å²) in [6.45, 7) is 4.93. The lowest BCUT2D eigenvalue weighted by atomic mass is 10.1. The van der Waals surface area contributed by atoms with Gasteiger partial charge in [0, 0.05) is 12.2 Å². The molecule has 21 heavy (non-hydrogen) atoms. The molecule has 0 saturated heterocycles. The standard InChI is InChI=1S/C18H21NO2/c1-3-4-12-19(15-8-6-5-7-9-15)17-13-14(2)10-11-16(17)18(20)21/h5-11,13H,3-4,12H2,1-2H3,(H,20,21). The van der Waals surface area contributed by atoms with E-state index in [1.165, 1.54) is 0 Å². The second kappa shape index (κ2) is 6.93. The van der Waals surface area contributed by atoms with E-state index in [-0.39, 0.29) is 0 Å². The van der Waals surface area contributed by atoms with Gasteiger partial charge in [-0.1, -0.05) is 37.6 Å². The molecule has 0 unspecified atom stereocenters. The van der Waals surface area contributed by atoms with Crippen molar-refractivity contribution >= 4 is 17.3 Å². The molecule has 0 bridgehead atoms. The first-order valence-corrected chi connectivity index (χ1v) is 7.30. The van der Waals surface area contributed by atoms with Crippen LogP contribution < -0.4 is 4.90 Å². The van der Waals surface area contributed by atoms with Crippen LogP contribution in [0.3, 0.4) is 0 Å². The van der Waals surface area contributed by atoms with E-state index in [1.807, 2.05) is 49.4 Å². The predicted octanol–water partition coefficient (Wildman–Crippen LogP) is 4.63. The van der Waals surface area contributed by atoms with Crippen LogP contribution >= 0.6 is 0 Å². The van der Waals surface area contributed by atoms with Crippen LogP contribution in [-0.4, -0.2) is 17.6 Å². The molecule has 0 fully saturated rings. The Bertz CT molecular complexity index is 608. The van der Waals surface area contributed by atoms with E-state index in [0.717, 1.165) is 36.3 Å². The summed E-state index contributed by atoms with van der Waals surface area (Å²) in [6.07, 6.45) is 2.08. The molecular weight excluding hydrogens is 262 g/mol. The molecule has 2 rings (SSSR count). The molecule has 0 aliphatic carbocycles. The summed E-state index contributed by atoms with van der Waals surface area (Å²) >= 11 is 0. The number of aromatic carboxylic acids is 1. The minimum Gasteiger partial charge on any atom is -0.478 e. The number of benzene rings is 2. The first-order valence-electron chi connectivity index (χ1n) is 7.30. The fraction of sp³-hybridized carbons (Fsp3) is 0.278. The van der Waals surface area contributed by atoms with Crippen LogP contribution in [0, 0.1) is 6.92 Å². The van der Waals surface area contributed by atoms with E-state index in [0.29, 0.717) is 5.56 Å². The van der Waals surface area contributed by atoms with Crippen molar-refractivity contribution in [3.05, 3.63) is 59.7 Å². The van der Waals surface area contributed by atoms with Crippen LogP contribution in [-0.2, 0) is 0 Å². The number of nitrogens with zero attached hydrogens (tertiary/aromatic N) is 1. The molecule has 0 radical (unpaired) electrons. The highest BCUT2D eigenvalue weighted by Gasteiger charge is 2.17. The van der Waals surface area contributed by atoms with Gasteiger partial charge in [0.15, 0.2) is 0 Å². The summed E-state index contributed by atoms with van der Waals surface area (Å²) in [5, 5.41) is 9.45. The third-order valence-electron chi connectivity index (χ3n) is 3.48. The number of hydrogen-bond donors (Lipinski definition) is 1. The third kappa shape index (κ3) is 3.63. The second-order valence-corrected chi connectivity index (χ2v) is 5.17. The summed E-state index contributed by atoms with van der Waals surface area (Å²) in [5.41, 5.74) is 3.20. The van der Waals surface area contributed by atoms with Crippen molar-refractivity contribution in [3.8, 4) is 0 Å². The van der Waals surface area contributed by atoms with Crippen molar-refractivity contribution in [1.29, 1.82) is 0 Å². The van der Waals surface area contributed by atoms with Gasteiger partial charge in [-0.15, -0.1) is 0 Å². The largest absolute Gasteiger partial charge is 0.478 e. The van der Waals surface area contributed by atoms with Crippen molar-refractivity contribution in [2.45, 2.75) is 26.7 Å². The lowest BCUT2D eigenvalue weighted by molar-refractivity contribution is 0.0697. The molecule has 0 aliphatic rings. The molecule has 0 amide bonds. The fourth-order valence-electron chi connectivity index (χ4n) is 2.36. The van der Waals surface area contributed by atoms with Gasteiger partial charge in [0.1, 0.15) is 0 Å². The zero-order valence-corrected chi connectivity index (χ0v) is 12.5. The van der Waals surface area contributed by atoms with Gasteiger partial charge in [-0.2, -0.15) is 0 Å². The Hall–Kier alpha value is -2.29. The molecular formula is C18H21NO2. The normalized spacial score (nSPS) is 10.4. The van der Waals surface area contributed by atoms with E-state index >= 15 is 0 Å². The molecule has 0 aliphatic heterocycles. The topological polar surface area (TPSA) is 40.5 Å². The first kappa shape index (κ1) is 15.1. The summed E-state index contributed by atoms with van der Waals surface area (Å²) in [6, 6.07) is 15.4. The minimum atomic E-state index is -0.887. The Morgan fingerprint density at radius 1 is 1.14 bits per heavy atom. The van der Waals surface area contributed by atoms with Crippen LogP contribution in [0.5, 0.6) is 0 Å². The van der Waals surface area contributed by atoms with Crippen molar-refractivity contribution in [2.24, 2.45) is 0 Å². The van der Waals surface area contributed by atoms with E-state index in [1.54, 1.807) is 6.07 Å². The molecule has 2 aromatic carbocycles. The van der Waals surface area contributed by atoms with Crippen LogP contribution in [0.2, 0.25) is 0 Å². The Morgan fingerprint density at radius 2 is 1.86 bits per heavy atom. The Morgan fingerprint density at radius 3 is 2.48 bits per heavy atom. The summed E-state index contributed by atoms with van der Waals surface area (Å²) in [4.78, 5) is 13.6. The SMILES string of the molecule is CCCCN(c1ccccc1)c1cc(C)ccc1C(=O)O. The van der Waals surface area contributed by atoms with Crippen LogP contribution in [0.25, 0.3) is 0 Å². The van der Waals surface area contributed by atoms with E-state index in [2.05, 4.69) is 11.8 Å². The Balaban J connectivity index is 2.50. The molecule has 2 aromatic rings. The number of hydrogen-bond acceptors (Lipinski definition) is 2. The number of unbranched alkanes of at least 4 members (excludes halogenated alkanes) is 1. The summed E-state index contributed by atoms with van der Waals surface area (Å²) < 4.78 is 0.